The molecule has 2 heterocycles. The topological polar surface area (TPSA) is 58.9 Å². The Morgan fingerprint density at radius 3 is 3.00 bits per heavy atom. The van der Waals surface area contributed by atoms with E-state index in [1.54, 1.807) is 6.33 Å². The molecule has 6 heteroatoms. The largest absolute Gasteiger partial charge is 0.328 e. The lowest BCUT2D eigenvalue weighted by Gasteiger charge is -2.02. The van der Waals surface area contributed by atoms with Crippen molar-refractivity contribution in [1.82, 2.24) is 19.5 Å². The number of rotatable bonds is 1. The fourth-order valence-corrected chi connectivity index (χ4v) is 2.68. The van der Waals surface area contributed by atoms with Crippen molar-refractivity contribution in [1.29, 1.82) is 0 Å². The Labute approximate surface area is 107 Å². The number of hydrogen-bond acceptors (Lipinski definition) is 3. The molecule has 0 spiro atoms. The number of nitrogens with zero attached hydrogens (tertiary/aromatic N) is 4. The number of H-pyrrole nitrogens is 1. The summed E-state index contributed by atoms with van der Waals surface area (Å²) in [6, 6.07) is 0.431. The van der Waals surface area contributed by atoms with Gasteiger partial charge in [-0.15, -0.1) is 0 Å². The van der Waals surface area contributed by atoms with E-state index >= 15 is 0 Å². The standard InChI is InChI=1S/C11H14BrN5/c1-17-6-13-9(14-7-4-2-3-5-7)8-10(17)16-11(12)15-8/h6-7H,2-5H2,1H3,(H,15,16). The Balaban J connectivity index is 2.18. The molecule has 0 aliphatic heterocycles. The molecule has 1 saturated carbocycles. The molecule has 0 unspecified atom stereocenters. The third-order valence-electron chi connectivity index (χ3n) is 3.20. The minimum atomic E-state index is 0.431. The van der Waals surface area contributed by atoms with Gasteiger partial charge < -0.3 is 9.55 Å². The van der Waals surface area contributed by atoms with E-state index in [1.165, 1.54) is 25.7 Å². The summed E-state index contributed by atoms with van der Waals surface area (Å²) < 4.78 is 2.61. The lowest BCUT2D eigenvalue weighted by atomic mass is 10.3. The summed E-state index contributed by atoms with van der Waals surface area (Å²) in [5, 5.41) is 0. The summed E-state index contributed by atoms with van der Waals surface area (Å²) in [5.74, 6) is 0. The number of halogens is 1. The Morgan fingerprint density at radius 2 is 2.24 bits per heavy atom. The first-order valence-corrected chi connectivity index (χ1v) is 6.64. The predicted octanol–water partition coefficient (Wildman–Crippen LogP) is 1.90. The third-order valence-corrected chi connectivity index (χ3v) is 3.57. The Morgan fingerprint density at radius 1 is 1.47 bits per heavy atom. The maximum Gasteiger partial charge on any atom is 0.177 e. The molecule has 90 valence electrons. The van der Waals surface area contributed by atoms with Gasteiger partial charge in [0, 0.05) is 7.05 Å². The van der Waals surface area contributed by atoms with Crippen molar-refractivity contribution in [2.24, 2.45) is 12.0 Å². The first-order valence-electron chi connectivity index (χ1n) is 5.85. The Hall–Kier alpha value is -1.17. The van der Waals surface area contributed by atoms with Gasteiger partial charge in [-0.1, -0.05) is 12.8 Å². The fraction of sp³-hybridized carbons (Fsp3) is 0.545. The molecule has 2 aromatic rings. The normalized spacial score (nSPS) is 18.4. The van der Waals surface area contributed by atoms with E-state index in [0.29, 0.717) is 6.04 Å². The van der Waals surface area contributed by atoms with Crippen LogP contribution in [0.4, 0.5) is 0 Å². The minimum absolute atomic E-state index is 0.431. The molecule has 1 aliphatic carbocycles. The van der Waals surface area contributed by atoms with Gasteiger partial charge in [0.25, 0.3) is 0 Å². The molecule has 0 amide bonds. The van der Waals surface area contributed by atoms with E-state index in [0.717, 1.165) is 21.4 Å². The highest BCUT2D eigenvalue weighted by molar-refractivity contribution is 9.10. The average molecular weight is 296 g/mol. The number of aromatic nitrogens is 4. The molecule has 3 rings (SSSR count). The van der Waals surface area contributed by atoms with Crippen LogP contribution in [0.2, 0.25) is 0 Å². The van der Waals surface area contributed by atoms with Gasteiger partial charge in [-0.05, 0) is 28.8 Å². The summed E-state index contributed by atoms with van der Waals surface area (Å²) in [5.41, 5.74) is 2.57. The van der Waals surface area contributed by atoms with Crippen LogP contribution >= 0.6 is 15.9 Å². The van der Waals surface area contributed by atoms with Gasteiger partial charge in [-0.3, -0.25) is 4.99 Å². The van der Waals surface area contributed by atoms with Crippen LogP contribution in [0.3, 0.4) is 0 Å². The highest BCUT2D eigenvalue weighted by Gasteiger charge is 2.14. The van der Waals surface area contributed by atoms with Crippen LogP contribution in [-0.2, 0) is 7.05 Å². The average Bonchev–Trinajstić information content (AvgIpc) is 2.91. The minimum Gasteiger partial charge on any atom is -0.328 e. The van der Waals surface area contributed by atoms with E-state index in [4.69, 9.17) is 4.99 Å². The zero-order chi connectivity index (χ0) is 11.8. The maximum absolute atomic E-state index is 4.72. The van der Waals surface area contributed by atoms with Crippen molar-refractivity contribution < 1.29 is 0 Å². The molecule has 0 saturated heterocycles. The molecular weight excluding hydrogens is 282 g/mol. The summed E-state index contributed by atoms with van der Waals surface area (Å²) in [4.78, 5) is 16.7. The molecule has 0 atom stereocenters. The molecule has 5 nitrogen and oxygen atoms in total. The Kier molecular flexibility index (Phi) is 2.74. The highest BCUT2D eigenvalue weighted by atomic mass is 79.9. The van der Waals surface area contributed by atoms with Gasteiger partial charge in [0.2, 0.25) is 0 Å². The number of imidazole rings is 1. The van der Waals surface area contributed by atoms with Gasteiger partial charge in [0.1, 0.15) is 5.52 Å². The zero-order valence-corrected chi connectivity index (χ0v) is 11.2. The zero-order valence-electron chi connectivity index (χ0n) is 9.65. The van der Waals surface area contributed by atoms with Crippen molar-refractivity contribution in [3.05, 3.63) is 16.5 Å². The summed E-state index contributed by atoms with van der Waals surface area (Å²) in [6.45, 7) is 0. The van der Waals surface area contributed by atoms with Crippen LogP contribution in [0.25, 0.3) is 11.2 Å². The SMILES string of the molecule is Cn1cnc(=NC2CCCC2)c2[nH]c(Br)nc21. The lowest BCUT2D eigenvalue weighted by molar-refractivity contribution is 0.678. The number of fused-ring (bicyclic) bond motifs is 1. The quantitative estimate of drug-likeness (QED) is 0.817. The van der Waals surface area contributed by atoms with Crippen molar-refractivity contribution in [3.8, 4) is 0 Å². The van der Waals surface area contributed by atoms with Crippen molar-refractivity contribution in [2.75, 3.05) is 0 Å². The first kappa shape index (κ1) is 11.0. The number of aromatic amines is 1. The van der Waals surface area contributed by atoms with E-state index < -0.39 is 0 Å². The van der Waals surface area contributed by atoms with Crippen molar-refractivity contribution in [3.63, 3.8) is 0 Å². The molecule has 0 radical (unpaired) electrons. The van der Waals surface area contributed by atoms with Gasteiger partial charge in [-0.2, -0.15) is 0 Å². The van der Waals surface area contributed by atoms with E-state index in [2.05, 4.69) is 30.9 Å². The summed E-state index contributed by atoms with van der Waals surface area (Å²) in [7, 11) is 1.93. The van der Waals surface area contributed by atoms with Crippen LogP contribution in [0, 0.1) is 0 Å². The molecule has 0 aromatic carbocycles. The van der Waals surface area contributed by atoms with E-state index in [1.807, 2.05) is 11.6 Å². The maximum atomic E-state index is 4.72. The number of hydrogen-bond donors (Lipinski definition) is 1. The van der Waals surface area contributed by atoms with Crippen LogP contribution in [0.1, 0.15) is 25.7 Å². The number of nitrogens with one attached hydrogen (secondary N) is 1. The van der Waals surface area contributed by atoms with Crippen molar-refractivity contribution >= 4 is 27.1 Å². The second-order valence-corrected chi connectivity index (χ2v) is 5.22. The molecule has 0 bridgehead atoms. The van der Waals surface area contributed by atoms with Gasteiger partial charge in [-0.25, -0.2) is 9.97 Å². The van der Waals surface area contributed by atoms with Crippen LogP contribution < -0.4 is 5.49 Å². The molecular formula is C11H14BrN5. The lowest BCUT2D eigenvalue weighted by Crippen LogP contribution is -2.16. The molecule has 2 aromatic heterocycles. The Bertz CT molecular complexity index is 606. The fourth-order valence-electron chi connectivity index (χ4n) is 2.31. The van der Waals surface area contributed by atoms with Crippen LogP contribution in [0.15, 0.2) is 16.1 Å². The van der Waals surface area contributed by atoms with E-state index in [9.17, 15) is 0 Å². The van der Waals surface area contributed by atoms with E-state index in [-0.39, 0.29) is 0 Å². The van der Waals surface area contributed by atoms with Gasteiger partial charge in [0.05, 0.1) is 12.4 Å². The second kappa shape index (κ2) is 4.25. The smallest absolute Gasteiger partial charge is 0.177 e. The predicted molar refractivity (Wildman–Crippen MR) is 68.4 cm³/mol. The monoisotopic (exact) mass is 295 g/mol. The van der Waals surface area contributed by atoms with Crippen LogP contribution in [-0.4, -0.2) is 25.6 Å². The van der Waals surface area contributed by atoms with Gasteiger partial charge >= 0.3 is 0 Å². The molecule has 1 fully saturated rings. The molecule has 17 heavy (non-hydrogen) atoms. The van der Waals surface area contributed by atoms with Crippen LogP contribution in [0.5, 0.6) is 0 Å². The summed E-state index contributed by atoms with van der Waals surface area (Å²) >= 11 is 3.36. The summed E-state index contributed by atoms with van der Waals surface area (Å²) in [6.07, 6.45) is 6.69. The third kappa shape index (κ3) is 2.01. The second-order valence-electron chi connectivity index (χ2n) is 4.47. The first-order chi connectivity index (χ1) is 8.24. The number of aryl methyl sites for hydroxylation is 1. The molecule has 1 aliphatic rings. The molecule has 1 N–H and O–H groups in total. The van der Waals surface area contributed by atoms with Crippen molar-refractivity contribution in [2.45, 2.75) is 31.7 Å². The highest BCUT2D eigenvalue weighted by Crippen LogP contribution is 2.20. The van der Waals surface area contributed by atoms with Gasteiger partial charge in [0.15, 0.2) is 15.9 Å².